The van der Waals surface area contributed by atoms with E-state index in [2.05, 4.69) is 5.16 Å². The third-order valence-corrected chi connectivity index (χ3v) is 4.09. The SMILES string of the molecule is CC(C)c1cc(C(=O)N2CCC[C@H]2c2ccccc2F)no1. The highest BCUT2D eigenvalue weighted by Crippen LogP contribution is 2.34. The summed E-state index contributed by atoms with van der Waals surface area (Å²) >= 11 is 0. The van der Waals surface area contributed by atoms with Crippen molar-refractivity contribution in [2.75, 3.05) is 6.54 Å². The van der Waals surface area contributed by atoms with Gasteiger partial charge in [-0.15, -0.1) is 0 Å². The smallest absolute Gasteiger partial charge is 0.276 e. The number of rotatable bonds is 3. The molecule has 1 aromatic carbocycles. The first-order valence-corrected chi connectivity index (χ1v) is 7.60. The van der Waals surface area contributed by atoms with Crippen LogP contribution in [0, 0.1) is 5.82 Å². The highest BCUT2D eigenvalue weighted by molar-refractivity contribution is 5.92. The number of carbonyl (C=O) groups is 1. The molecular formula is C17H19FN2O2. The van der Waals surface area contributed by atoms with Crippen molar-refractivity contribution in [3.63, 3.8) is 0 Å². The Bertz CT molecular complexity index is 681. The lowest BCUT2D eigenvalue weighted by Crippen LogP contribution is -2.31. The molecule has 0 radical (unpaired) electrons. The lowest BCUT2D eigenvalue weighted by molar-refractivity contribution is 0.0723. The number of amides is 1. The van der Waals surface area contributed by atoms with E-state index in [0.29, 0.717) is 23.6 Å². The zero-order valence-electron chi connectivity index (χ0n) is 12.8. The summed E-state index contributed by atoms with van der Waals surface area (Å²) in [4.78, 5) is 14.4. The van der Waals surface area contributed by atoms with Crippen molar-refractivity contribution >= 4 is 5.91 Å². The van der Waals surface area contributed by atoms with Gasteiger partial charge in [0.15, 0.2) is 5.69 Å². The summed E-state index contributed by atoms with van der Waals surface area (Å²) in [6, 6.07) is 8.09. The molecule has 1 atom stereocenters. The number of hydrogen-bond acceptors (Lipinski definition) is 3. The molecule has 1 saturated heterocycles. The molecule has 0 saturated carbocycles. The summed E-state index contributed by atoms with van der Waals surface area (Å²) in [5, 5.41) is 3.87. The third kappa shape index (κ3) is 2.63. The van der Waals surface area contributed by atoms with Crippen molar-refractivity contribution in [2.45, 2.75) is 38.6 Å². The van der Waals surface area contributed by atoms with Crippen LogP contribution in [-0.2, 0) is 0 Å². The predicted octanol–water partition coefficient (Wildman–Crippen LogP) is 3.91. The van der Waals surface area contributed by atoms with Gasteiger partial charge >= 0.3 is 0 Å². The largest absolute Gasteiger partial charge is 0.360 e. The summed E-state index contributed by atoms with van der Waals surface area (Å²) in [5.74, 6) is 0.400. The van der Waals surface area contributed by atoms with Crippen LogP contribution in [0.5, 0.6) is 0 Å². The molecule has 0 N–H and O–H groups in total. The quantitative estimate of drug-likeness (QED) is 0.863. The van der Waals surface area contributed by atoms with E-state index in [1.54, 1.807) is 29.2 Å². The molecule has 0 bridgehead atoms. The van der Waals surface area contributed by atoms with Crippen LogP contribution in [0.2, 0.25) is 0 Å². The van der Waals surface area contributed by atoms with Gasteiger partial charge in [-0.2, -0.15) is 0 Å². The molecule has 1 aromatic heterocycles. The van der Waals surface area contributed by atoms with Crippen LogP contribution in [0.25, 0.3) is 0 Å². The normalized spacial score (nSPS) is 18.2. The minimum absolute atomic E-state index is 0.176. The first-order chi connectivity index (χ1) is 10.6. The molecule has 4 nitrogen and oxygen atoms in total. The molecule has 0 spiro atoms. The van der Waals surface area contributed by atoms with Crippen LogP contribution >= 0.6 is 0 Å². The number of carbonyl (C=O) groups excluding carboxylic acids is 1. The van der Waals surface area contributed by atoms with Gasteiger partial charge in [-0.1, -0.05) is 37.2 Å². The molecule has 1 aliphatic rings. The first-order valence-electron chi connectivity index (χ1n) is 7.60. The van der Waals surface area contributed by atoms with Crippen molar-refractivity contribution in [1.29, 1.82) is 0 Å². The fourth-order valence-electron chi connectivity index (χ4n) is 2.89. The fourth-order valence-corrected chi connectivity index (χ4v) is 2.89. The van der Waals surface area contributed by atoms with Crippen LogP contribution in [0.4, 0.5) is 4.39 Å². The maximum Gasteiger partial charge on any atom is 0.276 e. The molecule has 0 aliphatic carbocycles. The first kappa shape index (κ1) is 14.8. The predicted molar refractivity (Wildman–Crippen MR) is 80.0 cm³/mol. The van der Waals surface area contributed by atoms with E-state index < -0.39 is 0 Å². The lowest BCUT2D eigenvalue weighted by atomic mass is 10.0. The van der Waals surface area contributed by atoms with Crippen molar-refractivity contribution in [2.24, 2.45) is 0 Å². The van der Waals surface area contributed by atoms with Gasteiger partial charge in [-0.25, -0.2) is 4.39 Å². The van der Waals surface area contributed by atoms with Crippen LogP contribution < -0.4 is 0 Å². The summed E-state index contributed by atoms with van der Waals surface area (Å²) in [6.07, 6.45) is 1.63. The van der Waals surface area contributed by atoms with Crippen molar-refractivity contribution in [3.05, 3.63) is 53.2 Å². The molecule has 2 heterocycles. The van der Waals surface area contributed by atoms with Crippen LogP contribution in [0.1, 0.15) is 60.5 Å². The van der Waals surface area contributed by atoms with Gasteiger partial charge < -0.3 is 9.42 Å². The molecule has 3 rings (SSSR count). The van der Waals surface area contributed by atoms with E-state index in [4.69, 9.17) is 4.52 Å². The molecule has 2 aromatic rings. The Kier molecular flexibility index (Phi) is 3.96. The summed E-state index contributed by atoms with van der Waals surface area (Å²) in [6.45, 7) is 4.57. The Morgan fingerprint density at radius 2 is 2.18 bits per heavy atom. The van der Waals surface area contributed by atoms with Gasteiger partial charge in [-0.05, 0) is 18.9 Å². The fraction of sp³-hybridized carbons (Fsp3) is 0.412. The highest BCUT2D eigenvalue weighted by atomic mass is 19.1. The number of likely N-dealkylation sites (tertiary alicyclic amines) is 1. The Hall–Kier alpha value is -2.17. The maximum atomic E-state index is 14.0. The van der Waals surface area contributed by atoms with E-state index in [-0.39, 0.29) is 23.7 Å². The molecule has 1 fully saturated rings. The zero-order chi connectivity index (χ0) is 15.7. The highest BCUT2D eigenvalue weighted by Gasteiger charge is 2.33. The molecule has 1 aliphatic heterocycles. The number of halogens is 1. The van der Waals surface area contributed by atoms with E-state index in [1.165, 1.54) is 6.07 Å². The minimum atomic E-state index is -0.268. The van der Waals surface area contributed by atoms with Crippen molar-refractivity contribution in [1.82, 2.24) is 10.1 Å². The molecule has 5 heteroatoms. The van der Waals surface area contributed by atoms with Gasteiger partial charge in [0.1, 0.15) is 11.6 Å². The van der Waals surface area contributed by atoms with Gasteiger partial charge in [0, 0.05) is 24.1 Å². The minimum Gasteiger partial charge on any atom is -0.360 e. The number of hydrogen-bond donors (Lipinski definition) is 0. The van der Waals surface area contributed by atoms with Crippen LogP contribution in [-0.4, -0.2) is 22.5 Å². The van der Waals surface area contributed by atoms with Crippen LogP contribution in [0.3, 0.4) is 0 Å². The van der Waals surface area contributed by atoms with Gasteiger partial charge in [0.2, 0.25) is 0 Å². The third-order valence-electron chi connectivity index (χ3n) is 4.09. The standard InChI is InChI=1S/C17H19FN2O2/c1-11(2)16-10-14(19-22-16)17(21)20-9-5-8-15(20)12-6-3-4-7-13(12)18/h3-4,6-7,10-11,15H,5,8-9H2,1-2H3/t15-/m0/s1. The Morgan fingerprint density at radius 1 is 1.41 bits per heavy atom. The van der Waals surface area contributed by atoms with Gasteiger partial charge in [0.05, 0.1) is 6.04 Å². The molecule has 0 unspecified atom stereocenters. The molecule has 22 heavy (non-hydrogen) atoms. The van der Waals surface area contributed by atoms with Crippen molar-refractivity contribution < 1.29 is 13.7 Å². The monoisotopic (exact) mass is 302 g/mol. The number of benzene rings is 1. The van der Waals surface area contributed by atoms with Crippen molar-refractivity contribution in [3.8, 4) is 0 Å². The summed E-state index contributed by atoms with van der Waals surface area (Å²) in [5.41, 5.74) is 0.868. The topological polar surface area (TPSA) is 46.3 Å². The zero-order valence-corrected chi connectivity index (χ0v) is 12.8. The molecule has 116 valence electrons. The second kappa shape index (κ2) is 5.91. The average Bonchev–Trinajstić information content (AvgIpc) is 3.16. The van der Waals surface area contributed by atoms with Crippen LogP contribution in [0.15, 0.2) is 34.9 Å². The molecule has 1 amide bonds. The molecular weight excluding hydrogens is 283 g/mol. The van der Waals surface area contributed by atoms with Gasteiger partial charge in [-0.3, -0.25) is 4.79 Å². The van der Waals surface area contributed by atoms with Gasteiger partial charge in [0.25, 0.3) is 5.91 Å². The lowest BCUT2D eigenvalue weighted by Gasteiger charge is -2.24. The second-order valence-electron chi connectivity index (χ2n) is 5.95. The van der Waals surface area contributed by atoms with E-state index >= 15 is 0 Å². The average molecular weight is 302 g/mol. The summed E-state index contributed by atoms with van der Waals surface area (Å²) < 4.78 is 19.2. The number of aromatic nitrogens is 1. The maximum absolute atomic E-state index is 14.0. The van der Waals surface area contributed by atoms with E-state index in [1.807, 2.05) is 13.8 Å². The summed E-state index contributed by atoms with van der Waals surface area (Å²) in [7, 11) is 0. The van der Waals surface area contributed by atoms with E-state index in [0.717, 1.165) is 12.8 Å². The number of nitrogens with zero attached hydrogens (tertiary/aromatic N) is 2. The Morgan fingerprint density at radius 3 is 2.86 bits per heavy atom. The Labute approximate surface area is 128 Å². The second-order valence-corrected chi connectivity index (χ2v) is 5.95. The Balaban J connectivity index is 1.86. The van der Waals surface area contributed by atoms with E-state index in [9.17, 15) is 9.18 Å².